The summed E-state index contributed by atoms with van der Waals surface area (Å²) < 4.78 is 13.0. The van der Waals surface area contributed by atoms with E-state index in [0.29, 0.717) is 6.54 Å². The summed E-state index contributed by atoms with van der Waals surface area (Å²) in [5.74, 6) is -0.265. The van der Waals surface area contributed by atoms with Gasteiger partial charge in [0.05, 0.1) is 6.20 Å². The standard InChI is InChI=1S/C12H18FN3.ClH/c1-12(8-14)2-3-16(9-12)7-10-4-11(13)6-15-5-10;/h4-6H,2-3,7-9,14H2,1H3;1H. The molecule has 0 bridgehead atoms. The van der Waals surface area contributed by atoms with E-state index in [-0.39, 0.29) is 23.6 Å². The van der Waals surface area contributed by atoms with Crippen molar-refractivity contribution >= 4 is 12.4 Å². The Kier molecular flexibility index (Phi) is 4.86. The lowest BCUT2D eigenvalue weighted by molar-refractivity contribution is 0.274. The fraction of sp³-hybridized carbons (Fsp3) is 0.583. The van der Waals surface area contributed by atoms with Crippen LogP contribution in [0.25, 0.3) is 0 Å². The third-order valence-corrected chi connectivity index (χ3v) is 3.30. The first kappa shape index (κ1) is 14.4. The van der Waals surface area contributed by atoms with Gasteiger partial charge in [-0.3, -0.25) is 9.88 Å². The Balaban J connectivity index is 0.00000144. The average Bonchev–Trinajstić information content (AvgIpc) is 2.61. The van der Waals surface area contributed by atoms with Crippen molar-refractivity contribution in [2.75, 3.05) is 19.6 Å². The van der Waals surface area contributed by atoms with Gasteiger partial charge in [0.1, 0.15) is 5.82 Å². The molecule has 1 fully saturated rings. The Labute approximate surface area is 108 Å². The van der Waals surface area contributed by atoms with Crippen molar-refractivity contribution < 1.29 is 4.39 Å². The Morgan fingerprint density at radius 1 is 1.53 bits per heavy atom. The largest absolute Gasteiger partial charge is 0.330 e. The van der Waals surface area contributed by atoms with Crippen molar-refractivity contribution in [1.29, 1.82) is 0 Å². The summed E-state index contributed by atoms with van der Waals surface area (Å²) in [6.07, 6.45) is 4.07. The lowest BCUT2D eigenvalue weighted by atomic mass is 9.90. The molecule has 1 aliphatic rings. The molecule has 0 aromatic carbocycles. The molecular weight excluding hydrogens is 241 g/mol. The highest BCUT2D eigenvalue weighted by Crippen LogP contribution is 2.29. The van der Waals surface area contributed by atoms with E-state index in [0.717, 1.165) is 31.6 Å². The first-order valence-corrected chi connectivity index (χ1v) is 5.63. The third-order valence-electron chi connectivity index (χ3n) is 3.30. The number of halogens is 2. The second-order valence-electron chi connectivity index (χ2n) is 4.99. The highest BCUT2D eigenvalue weighted by Gasteiger charge is 2.32. The summed E-state index contributed by atoms with van der Waals surface area (Å²) in [5, 5.41) is 0. The van der Waals surface area contributed by atoms with E-state index in [4.69, 9.17) is 5.73 Å². The van der Waals surface area contributed by atoms with Crippen LogP contribution in [0.2, 0.25) is 0 Å². The average molecular weight is 260 g/mol. The summed E-state index contributed by atoms with van der Waals surface area (Å²) in [6, 6.07) is 1.55. The quantitative estimate of drug-likeness (QED) is 0.900. The van der Waals surface area contributed by atoms with Crippen LogP contribution in [0.5, 0.6) is 0 Å². The molecule has 5 heteroatoms. The first-order valence-electron chi connectivity index (χ1n) is 5.63. The van der Waals surface area contributed by atoms with Crippen LogP contribution < -0.4 is 5.73 Å². The number of nitrogens with zero attached hydrogens (tertiary/aromatic N) is 2. The molecule has 2 heterocycles. The Hall–Kier alpha value is -0.710. The maximum Gasteiger partial charge on any atom is 0.141 e. The van der Waals surface area contributed by atoms with Gasteiger partial charge in [-0.25, -0.2) is 4.39 Å². The fourth-order valence-electron chi connectivity index (χ4n) is 2.23. The molecule has 2 rings (SSSR count). The van der Waals surface area contributed by atoms with E-state index < -0.39 is 0 Å². The van der Waals surface area contributed by atoms with Crippen molar-refractivity contribution in [3.05, 3.63) is 29.8 Å². The summed E-state index contributed by atoms with van der Waals surface area (Å²) in [5.41, 5.74) is 6.90. The normalized spacial score (nSPS) is 24.6. The van der Waals surface area contributed by atoms with E-state index in [1.54, 1.807) is 12.3 Å². The number of aromatic nitrogens is 1. The molecule has 3 nitrogen and oxygen atoms in total. The lowest BCUT2D eigenvalue weighted by Gasteiger charge is -2.22. The van der Waals surface area contributed by atoms with Gasteiger partial charge in [-0.05, 0) is 36.6 Å². The minimum Gasteiger partial charge on any atom is -0.330 e. The van der Waals surface area contributed by atoms with Crippen LogP contribution >= 0.6 is 12.4 Å². The summed E-state index contributed by atoms with van der Waals surface area (Å²) in [4.78, 5) is 6.17. The van der Waals surface area contributed by atoms with Gasteiger partial charge in [0.15, 0.2) is 0 Å². The minimum atomic E-state index is -0.265. The molecular formula is C12H19ClFN3. The van der Waals surface area contributed by atoms with Crippen LogP contribution in [0.4, 0.5) is 4.39 Å². The topological polar surface area (TPSA) is 42.1 Å². The van der Waals surface area contributed by atoms with Gasteiger partial charge in [0.25, 0.3) is 0 Å². The number of likely N-dealkylation sites (tertiary alicyclic amines) is 1. The molecule has 1 aliphatic heterocycles. The summed E-state index contributed by atoms with van der Waals surface area (Å²) >= 11 is 0. The van der Waals surface area contributed by atoms with Crippen LogP contribution in [-0.4, -0.2) is 29.5 Å². The molecule has 1 aromatic rings. The van der Waals surface area contributed by atoms with E-state index in [9.17, 15) is 4.39 Å². The van der Waals surface area contributed by atoms with E-state index >= 15 is 0 Å². The van der Waals surface area contributed by atoms with Crippen molar-refractivity contribution in [1.82, 2.24) is 9.88 Å². The van der Waals surface area contributed by atoms with Gasteiger partial charge >= 0.3 is 0 Å². The minimum absolute atomic E-state index is 0. The van der Waals surface area contributed by atoms with Gasteiger partial charge in [0.2, 0.25) is 0 Å². The Morgan fingerprint density at radius 3 is 2.88 bits per heavy atom. The zero-order valence-electron chi connectivity index (χ0n) is 10.0. The van der Waals surface area contributed by atoms with Gasteiger partial charge in [-0.2, -0.15) is 0 Å². The summed E-state index contributed by atoms with van der Waals surface area (Å²) in [7, 11) is 0. The number of hydrogen-bond donors (Lipinski definition) is 1. The SMILES string of the molecule is CC1(CN)CCN(Cc2cncc(F)c2)C1.Cl. The zero-order chi connectivity index (χ0) is 11.6. The molecule has 1 unspecified atom stereocenters. The van der Waals surface area contributed by atoms with E-state index in [2.05, 4.69) is 16.8 Å². The second-order valence-corrected chi connectivity index (χ2v) is 4.99. The van der Waals surface area contributed by atoms with Crippen molar-refractivity contribution in [2.45, 2.75) is 19.9 Å². The highest BCUT2D eigenvalue weighted by atomic mass is 35.5. The smallest absolute Gasteiger partial charge is 0.141 e. The van der Waals surface area contributed by atoms with Crippen LogP contribution in [-0.2, 0) is 6.54 Å². The molecule has 1 aromatic heterocycles. The van der Waals surface area contributed by atoms with Gasteiger partial charge in [0, 0.05) is 19.3 Å². The van der Waals surface area contributed by atoms with Crippen LogP contribution in [0, 0.1) is 11.2 Å². The van der Waals surface area contributed by atoms with Gasteiger partial charge < -0.3 is 5.73 Å². The third kappa shape index (κ3) is 3.63. The molecule has 0 saturated carbocycles. The molecule has 0 amide bonds. The Morgan fingerprint density at radius 2 is 2.29 bits per heavy atom. The van der Waals surface area contributed by atoms with E-state index in [1.807, 2.05) is 0 Å². The molecule has 2 N–H and O–H groups in total. The van der Waals surface area contributed by atoms with Gasteiger partial charge in [-0.1, -0.05) is 6.92 Å². The maximum atomic E-state index is 13.0. The van der Waals surface area contributed by atoms with Gasteiger partial charge in [-0.15, -0.1) is 12.4 Å². The lowest BCUT2D eigenvalue weighted by Crippen LogP contribution is -2.31. The van der Waals surface area contributed by atoms with E-state index in [1.165, 1.54) is 6.20 Å². The maximum absolute atomic E-state index is 13.0. The number of pyridine rings is 1. The molecule has 0 spiro atoms. The van der Waals surface area contributed by atoms with Crippen LogP contribution in [0.3, 0.4) is 0 Å². The summed E-state index contributed by atoms with van der Waals surface area (Å²) in [6.45, 7) is 5.70. The second kappa shape index (κ2) is 5.76. The molecule has 1 atom stereocenters. The predicted molar refractivity (Wildman–Crippen MR) is 68.5 cm³/mol. The monoisotopic (exact) mass is 259 g/mol. The number of nitrogens with two attached hydrogens (primary N) is 1. The molecule has 0 radical (unpaired) electrons. The van der Waals surface area contributed by atoms with Crippen molar-refractivity contribution in [3.63, 3.8) is 0 Å². The predicted octanol–water partition coefficient (Wildman–Crippen LogP) is 1.81. The van der Waals surface area contributed by atoms with Crippen molar-refractivity contribution in [2.24, 2.45) is 11.1 Å². The van der Waals surface area contributed by atoms with Crippen LogP contribution in [0.1, 0.15) is 18.9 Å². The Bertz CT molecular complexity index is 375. The molecule has 1 saturated heterocycles. The number of hydrogen-bond acceptors (Lipinski definition) is 3. The molecule has 96 valence electrons. The van der Waals surface area contributed by atoms with Crippen LogP contribution in [0.15, 0.2) is 18.5 Å². The first-order chi connectivity index (χ1) is 7.61. The number of rotatable bonds is 3. The molecule has 17 heavy (non-hydrogen) atoms. The highest BCUT2D eigenvalue weighted by molar-refractivity contribution is 5.85. The van der Waals surface area contributed by atoms with Crippen molar-refractivity contribution in [3.8, 4) is 0 Å². The molecule has 0 aliphatic carbocycles. The zero-order valence-corrected chi connectivity index (χ0v) is 10.8. The fourth-order valence-corrected chi connectivity index (χ4v) is 2.23.